The van der Waals surface area contributed by atoms with Gasteiger partial charge in [-0.1, -0.05) is 0 Å². The molecule has 17 heavy (non-hydrogen) atoms. The molecule has 3 rings (SSSR count). The number of hydrogen-bond donors (Lipinski definition) is 2. The van der Waals surface area contributed by atoms with E-state index < -0.39 is 0 Å². The second-order valence-electron chi connectivity index (χ2n) is 4.56. The van der Waals surface area contributed by atoms with Crippen LogP contribution in [-0.4, -0.2) is 16.9 Å². The molecule has 0 saturated heterocycles. The molecular formula is C13H13FN2O. The highest BCUT2D eigenvalue weighted by molar-refractivity contribution is 6.08. The Kier molecular flexibility index (Phi) is 2.18. The lowest BCUT2D eigenvalue weighted by Gasteiger charge is -2.02. The van der Waals surface area contributed by atoms with Crippen LogP contribution in [0.2, 0.25) is 0 Å². The van der Waals surface area contributed by atoms with Crippen LogP contribution in [0.4, 0.5) is 4.39 Å². The minimum absolute atomic E-state index is 0.0668. The number of carbonyl (C=O) groups is 1. The van der Waals surface area contributed by atoms with Gasteiger partial charge in [-0.25, -0.2) is 4.39 Å². The first-order chi connectivity index (χ1) is 8.15. The molecule has 88 valence electrons. The molecule has 1 fully saturated rings. The van der Waals surface area contributed by atoms with Gasteiger partial charge in [0, 0.05) is 22.6 Å². The number of rotatable bonds is 2. The molecule has 4 heteroatoms. The van der Waals surface area contributed by atoms with Gasteiger partial charge in [0.25, 0.3) is 5.91 Å². The number of carbonyl (C=O) groups excluding carboxylic acids is 1. The molecule has 2 N–H and O–H groups in total. The first-order valence-corrected chi connectivity index (χ1v) is 5.74. The van der Waals surface area contributed by atoms with Crippen LogP contribution in [0.5, 0.6) is 0 Å². The predicted molar refractivity (Wildman–Crippen MR) is 63.5 cm³/mol. The summed E-state index contributed by atoms with van der Waals surface area (Å²) in [6.07, 6.45) is 2.11. The first-order valence-electron chi connectivity index (χ1n) is 5.74. The van der Waals surface area contributed by atoms with Gasteiger partial charge in [0.15, 0.2) is 0 Å². The van der Waals surface area contributed by atoms with E-state index in [0.717, 1.165) is 23.9 Å². The highest BCUT2D eigenvalue weighted by Crippen LogP contribution is 2.25. The van der Waals surface area contributed by atoms with E-state index in [0.29, 0.717) is 17.1 Å². The van der Waals surface area contributed by atoms with E-state index in [-0.39, 0.29) is 11.7 Å². The average Bonchev–Trinajstić information content (AvgIpc) is 2.99. The fourth-order valence-corrected chi connectivity index (χ4v) is 2.08. The van der Waals surface area contributed by atoms with Crippen LogP contribution >= 0.6 is 0 Å². The Morgan fingerprint density at radius 2 is 2.24 bits per heavy atom. The number of halogens is 1. The molecule has 0 bridgehead atoms. The van der Waals surface area contributed by atoms with E-state index >= 15 is 0 Å². The number of fused-ring (bicyclic) bond motifs is 1. The van der Waals surface area contributed by atoms with Gasteiger partial charge >= 0.3 is 0 Å². The number of nitrogens with one attached hydrogen (secondary N) is 2. The minimum Gasteiger partial charge on any atom is -0.358 e. The van der Waals surface area contributed by atoms with E-state index in [9.17, 15) is 9.18 Å². The van der Waals surface area contributed by atoms with E-state index in [1.807, 2.05) is 6.92 Å². The molecule has 1 aliphatic carbocycles. The van der Waals surface area contributed by atoms with Crippen molar-refractivity contribution < 1.29 is 9.18 Å². The zero-order valence-corrected chi connectivity index (χ0v) is 9.51. The van der Waals surface area contributed by atoms with Gasteiger partial charge in [-0.2, -0.15) is 0 Å². The average molecular weight is 232 g/mol. The monoisotopic (exact) mass is 232 g/mol. The maximum Gasteiger partial charge on any atom is 0.253 e. The van der Waals surface area contributed by atoms with Crippen molar-refractivity contribution in [2.45, 2.75) is 25.8 Å². The van der Waals surface area contributed by atoms with Gasteiger partial charge in [-0.05, 0) is 38.0 Å². The number of aromatic amines is 1. The fraction of sp³-hybridized carbons (Fsp3) is 0.308. The fourth-order valence-electron chi connectivity index (χ4n) is 2.08. The molecule has 0 radical (unpaired) electrons. The lowest BCUT2D eigenvalue weighted by atomic mass is 10.1. The van der Waals surface area contributed by atoms with E-state index in [4.69, 9.17) is 0 Å². The van der Waals surface area contributed by atoms with Gasteiger partial charge in [-0.3, -0.25) is 4.79 Å². The second-order valence-corrected chi connectivity index (χ2v) is 4.56. The van der Waals surface area contributed by atoms with Gasteiger partial charge in [-0.15, -0.1) is 0 Å². The van der Waals surface area contributed by atoms with Crippen LogP contribution in [0.15, 0.2) is 18.2 Å². The molecule has 1 heterocycles. The van der Waals surface area contributed by atoms with Crippen molar-refractivity contribution in [3.63, 3.8) is 0 Å². The number of amides is 1. The molecule has 1 amide bonds. The van der Waals surface area contributed by atoms with Crippen LogP contribution in [0.25, 0.3) is 10.9 Å². The third-order valence-electron chi connectivity index (χ3n) is 3.09. The molecule has 0 spiro atoms. The Bertz CT molecular complexity index is 599. The van der Waals surface area contributed by atoms with Crippen molar-refractivity contribution >= 4 is 16.8 Å². The predicted octanol–water partition coefficient (Wildman–Crippen LogP) is 2.51. The summed E-state index contributed by atoms with van der Waals surface area (Å²) in [5, 5.41) is 3.73. The minimum atomic E-state index is -0.298. The normalized spacial score (nSPS) is 15.2. The summed E-state index contributed by atoms with van der Waals surface area (Å²) in [4.78, 5) is 15.1. The number of H-pyrrole nitrogens is 1. The van der Waals surface area contributed by atoms with Crippen LogP contribution < -0.4 is 5.32 Å². The molecule has 0 aliphatic heterocycles. The van der Waals surface area contributed by atoms with Gasteiger partial charge < -0.3 is 10.3 Å². The summed E-state index contributed by atoms with van der Waals surface area (Å²) >= 11 is 0. The van der Waals surface area contributed by atoms with Crippen LogP contribution in [0, 0.1) is 12.7 Å². The van der Waals surface area contributed by atoms with E-state index in [2.05, 4.69) is 10.3 Å². The number of benzene rings is 1. The molecule has 1 saturated carbocycles. The highest BCUT2D eigenvalue weighted by Gasteiger charge is 2.26. The first kappa shape index (κ1) is 10.3. The Labute approximate surface area is 98.0 Å². The van der Waals surface area contributed by atoms with Crippen molar-refractivity contribution in [2.24, 2.45) is 0 Å². The smallest absolute Gasteiger partial charge is 0.253 e. The summed E-state index contributed by atoms with van der Waals surface area (Å²) < 4.78 is 13.1. The topological polar surface area (TPSA) is 44.9 Å². The summed E-state index contributed by atoms with van der Waals surface area (Å²) in [6.45, 7) is 1.83. The summed E-state index contributed by atoms with van der Waals surface area (Å²) in [5.74, 6) is -0.365. The summed E-state index contributed by atoms with van der Waals surface area (Å²) in [5.41, 5.74) is 2.08. The van der Waals surface area contributed by atoms with Crippen LogP contribution in [0.3, 0.4) is 0 Å². The number of aryl methyl sites for hydroxylation is 1. The molecule has 1 aliphatic rings. The lowest BCUT2D eigenvalue weighted by Crippen LogP contribution is -2.25. The molecule has 1 aromatic carbocycles. The third-order valence-corrected chi connectivity index (χ3v) is 3.09. The van der Waals surface area contributed by atoms with E-state index in [1.54, 1.807) is 6.07 Å². The largest absolute Gasteiger partial charge is 0.358 e. The SMILES string of the molecule is Cc1[nH]c2cc(F)ccc2c1C(=O)NC1CC1. The molecule has 1 aromatic heterocycles. The Morgan fingerprint density at radius 1 is 1.47 bits per heavy atom. The van der Waals surface area contributed by atoms with E-state index in [1.165, 1.54) is 12.1 Å². The lowest BCUT2D eigenvalue weighted by molar-refractivity contribution is 0.0952. The summed E-state index contributed by atoms with van der Waals surface area (Å²) in [6, 6.07) is 4.77. The van der Waals surface area contributed by atoms with Crippen molar-refractivity contribution in [3.8, 4) is 0 Å². The maximum absolute atomic E-state index is 13.1. The quantitative estimate of drug-likeness (QED) is 0.821. The number of aromatic nitrogens is 1. The zero-order chi connectivity index (χ0) is 12.0. The molecule has 0 unspecified atom stereocenters. The Morgan fingerprint density at radius 3 is 2.94 bits per heavy atom. The van der Waals surface area contributed by atoms with Crippen molar-refractivity contribution in [1.29, 1.82) is 0 Å². The van der Waals surface area contributed by atoms with Crippen molar-refractivity contribution in [3.05, 3.63) is 35.3 Å². The van der Waals surface area contributed by atoms with Gasteiger partial charge in [0.2, 0.25) is 0 Å². The Hall–Kier alpha value is -1.84. The van der Waals surface area contributed by atoms with Gasteiger partial charge in [0.1, 0.15) is 5.82 Å². The number of hydrogen-bond acceptors (Lipinski definition) is 1. The van der Waals surface area contributed by atoms with Crippen molar-refractivity contribution in [2.75, 3.05) is 0 Å². The van der Waals surface area contributed by atoms with Crippen LogP contribution in [-0.2, 0) is 0 Å². The molecule has 2 aromatic rings. The van der Waals surface area contributed by atoms with Crippen LogP contribution in [0.1, 0.15) is 28.9 Å². The molecule has 3 nitrogen and oxygen atoms in total. The molecule has 0 atom stereocenters. The second kappa shape index (κ2) is 3.58. The standard InChI is InChI=1S/C13H13FN2O/c1-7-12(13(17)16-9-3-4-9)10-5-2-8(14)6-11(10)15-7/h2,5-6,9,15H,3-4H2,1H3,(H,16,17). The van der Waals surface area contributed by atoms with Gasteiger partial charge in [0.05, 0.1) is 5.56 Å². The molecular weight excluding hydrogens is 219 g/mol. The highest BCUT2D eigenvalue weighted by atomic mass is 19.1. The summed E-state index contributed by atoms with van der Waals surface area (Å²) in [7, 11) is 0. The maximum atomic E-state index is 13.1. The zero-order valence-electron chi connectivity index (χ0n) is 9.51. The van der Waals surface area contributed by atoms with Crippen molar-refractivity contribution in [1.82, 2.24) is 10.3 Å². The Balaban J connectivity index is 2.07. The third kappa shape index (κ3) is 1.79.